The fraction of sp³-hybridized carbons (Fsp3) is 0.370. The zero-order valence-corrected chi connectivity index (χ0v) is 22.0. The summed E-state index contributed by atoms with van der Waals surface area (Å²) < 4.78 is 13.6. The molecule has 0 fully saturated rings. The second-order valence-corrected chi connectivity index (χ2v) is 9.45. The van der Waals surface area contributed by atoms with Crippen LogP contribution in [0.4, 0.5) is 11.6 Å². The number of para-hydroxylation sites is 1. The monoisotopic (exact) mass is 507 g/mol. The van der Waals surface area contributed by atoms with Crippen LogP contribution in [0.1, 0.15) is 52.1 Å². The number of nitrogens with one attached hydrogen (secondary N) is 2. The Bertz CT molecular complexity index is 1230. The summed E-state index contributed by atoms with van der Waals surface area (Å²) in [6.07, 6.45) is 1.91. The number of hydrogen-bond acceptors (Lipinski definition) is 7. The molecule has 2 N–H and O–H groups in total. The van der Waals surface area contributed by atoms with Crippen molar-refractivity contribution >= 4 is 29.3 Å². The first-order chi connectivity index (χ1) is 17.5. The first-order valence-electron chi connectivity index (χ1n) is 12.4. The van der Waals surface area contributed by atoms with Crippen LogP contribution < -0.4 is 20.1 Å². The van der Waals surface area contributed by atoms with Crippen molar-refractivity contribution in [3.63, 3.8) is 0 Å². The van der Waals surface area contributed by atoms with Gasteiger partial charge in [-0.3, -0.25) is 4.79 Å². The normalized spacial score (nSPS) is 14.7. The van der Waals surface area contributed by atoms with Crippen molar-refractivity contribution in [3.05, 3.63) is 65.4 Å². The number of carbonyl (C=O) groups is 1. The molecule has 1 aromatic heterocycles. The van der Waals surface area contributed by atoms with E-state index in [9.17, 15) is 4.79 Å². The zero-order chi connectivity index (χ0) is 25.5. The first-order valence-corrected chi connectivity index (χ1v) is 13.4. The van der Waals surface area contributed by atoms with Crippen LogP contribution in [-0.4, -0.2) is 39.6 Å². The van der Waals surface area contributed by atoms with Gasteiger partial charge in [0, 0.05) is 17.1 Å². The number of thioether (sulfide) groups is 1. The van der Waals surface area contributed by atoms with Crippen LogP contribution in [0.3, 0.4) is 0 Å². The van der Waals surface area contributed by atoms with Gasteiger partial charge in [-0.2, -0.15) is 4.98 Å². The van der Waals surface area contributed by atoms with Gasteiger partial charge in [-0.1, -0.05) is 49.9 Å². The third-order valence-corrected chi connectivity index (χ3v) is 6.63. The fourth-order valence-electron chi connectivity index (χ4n) is 4.00. The van der Waals surface area contributed by atoms with E-state index < -0.39 is 6.04 Å². The molecule has 3 aromatic rings. The topological polar surface area (TPSA) is 90.3 Å². The first kappa shape index (κ1) is 25.6. The maximum absolute atomic E-state index is 13.6. The van der Waals surface area contributed by atoms with Crippen molar-refractivity contribution in [3.8, 4) is 11.5 Å². The summed E-state index contributed by atoms with van der Waals surface area (Å²) in [5.41, 5.74) is 2.88. The van der Waals surface area contributed by atoms with Crippen molar-refractivity contribution in [1.82, 2.24) is 14.8 Å². The molecule has 2 heterocycles. The van der Waals surface area contributed by atoms with Gasteiger partial charge < -0.3 is 20.1 Å². The largest absolute Gasteiger partial charge is 0.490 e. The van der Waals surface area contributed by atoms with Gasteiger partial charge in [-0.05, 0) is 56.5 Å². The number of benzene rings is 2. The van der Waals surface area contributed by atoms with Crippen LogP contribution in [0.5, 0.6) is 11.5 Å². The standard InChI is InChI=1S/C27H33N5O3S/c1-5-15-35-21-14-13-19(17-22(21)34-7-3)24-23(25(33)29-20-11-9-8-10-12-20)18(4)28-26-30-27(31-32(24)26)36-16-6-2/h8-14,17,24H,5-7,15-16H2,1-4H3,(H,29,33)(H,28,30,31). The van der Waals surface area contributed by atoms with E-state index in [4.69, 9.17) is 19.6 Å². The molecule has 0 saturated heterocycles. The van der Waals surface area contributed by atoms with Gasteiger partial charge in [0.15, 0.2) is 11.5 Å². The minimum absolute atomic E-state index is 0.204. The van der Waals surface area contributed by atoms with Gasteiger partial charge in [0.05, 0.1) is 18.8 Å². The Kier molecular flexibility index (Phi) is 8.53. The number of amides is 1. The molecule has 1 aliphatic heterocycles. The highest BCUT2D eigenvalue weighted by Crippen LogP contribution is 2.40. The number of carbonyl (C=O) groups excluding carboxylic acids is 1. The van der Waals surface area contributed by atoms with E-state index in [1.165, 1.54) is 0 Å². The van der Waals surface area contributed by atoms with Gasteiger partial charge in [0.1, 0.15) is 6.04 Å². The van der Waals surface area contributed by atoms with E-state index in [1.54, 1.807) is 16.4 Å². The third-order valence-electron chi connectivity index (χ3n) is 5.59. The van der Waals surface area contributed by atoms with Crippen LogP contribution in [-0.2, 0) is 4.79 Å². The summed E-state index contributed by atoms with van der Waals surface area (Å²) in [6, 6.07) is 14.8. The van der Waals surface area contributed by atoms with Crippen molar-refractivity contribution in [2.75, 3.05) is 29.6 Å². The molecule has 0 aliphatic carbocycles. The summed E-state index contributed by atoms with van der Waals surface area (Å²) in [6.45, 7) is 9.12. The van der Waals surface area contributed by atoms with E-state index in [2.05, 4.69) is 24.5 Å². The lowest BCUT2D eigenvalue weighted by molar-refractivity contribution is -0.113. The quantitative estimate of drug-likeness (QED) is 0.313. The maximum atomic E-state index is 13.6. The third kappa shape index (κ3) is 5.67. The lowest BCUT2D eigenvalue weighted by Crippen LogP contribution is -2.31. The van der Waals surface area contributed by atoms with Crippen molar-refractivity contribution in [1.29, 1.82) is 0 Å². The van der Waals surface area contributed by atoms with E-state index in [1.807, 2.05) is 62.4 Å². The van der Waals surface area contributed by atoms with Crippen LogP contribution in [0.25, 0.3) is 0 Å². The molecule has 2 aromatic carbocycles. The van der Waals surface area contributed by atoms with Crippen LogP contribution >= 0.6 is 11.8 Å². The predicted molar refractivity (Wildman–Crippen MR) is 144 cm³/mol. The average Bonchev–Trinajstić information content (AvgIpc) is 3.28. The van der Waals surface area contributed by atoms with Crippen molar-refractivity contribution in [2.45, 2.75) is 51.7 Å². The SMILES string of the molecule is CCCOc1ccc(C2C(C(=O)Nc3ccccc3)=C(C)Nc3nc(SCCC)nn32)cc1OCC. The Labute approximate surface area is 216 Å². The number of rotatable bonds is 11. The highest BCUT2D eigenvalue weighted by atomic mass is 32.2. The molecule has 0 bridgehead atoms. The molecule has 36 heavy (non-hydrogen) atoms. The van der Waals surface area contributed by atoms with Gasteiger partial charge >= 0.3 is 0 Å². The molecule has 9 heteroatoms. The van der Waals surface area contributed by atoms with Gasteiger partial charge in [0.25, 0.3) is 5.91 Å². The Morgan fingerprint density at radius 1 is 1.08 bits per heavy atom. The number of hydrogen-bond donors (Lipinski definition) is 2. The van der Waals surface area contributed by atoms with Crippen LogP contribution in [0.15, 0.2) is 65.0 Å². The summed E-state index contributed by atoms with van der Waals surface area (Å²) in [7, 11) is 0. The molecular weight excluding hydrogens is 474 g/mol. The van der Waals surface area contributed by atoms with E-state index >= 15 is 0 Å². The molecule has 1 amide bonds. The molecule has 1 unspecified atom stereocenters. The van der Waals surface area contributed by atoms with Crippen molar-refractivity contribution < 1.29 is 14.3 Å². The number of allylic oxidation sites excluding steroid dienone is 1. The van der Waals surface area contributed by atoms with Gasteiger partial charge in [-0.25, -0.2) is 4.68 Å². The highest BCUT2D eigenvalue weighted by Gasteiger charge is 2.35. The molecule has 0 spiro atoms. The fourth-order valence-corrected chi connectivity index (χ4v) is 4.69. The number of nitrogens with zero attached hydrogens (tertiary/aromatic N) is 3. The number of fused-ring (bicyclic) bond motifs is 1. The maximum Gasteiger partial charge on any atom is 0.255 e. The van der Waals surface area contributed by atoms with E-state index in [-0.39, 0.29) is 5.91 Å². The molecule has 4 rings (SSSR count). The van der Waals surface area contributed by atoms with E-state index in [0.717, 1.165) is 35.5 Å². The highest BCUT2D eigenvalue weighted by molar-refractivity contribution is 7.99. The molecule has 190 valence electrons. The Morgan fingerprint density at radius 2 is 1.89 bits per heavy atom. The van der Waals surface area contributed by atoms with E-state index in [0.29, 0.717) is 41.4 Å². The zero-order valence-electron chi connectivity index (χ0n) is 21.2. The second kappa shape index (κ2) is 12.0. The average molecular weight is 508 g/mol. The lowest BCUT2D eigenvalue weighted by atomic mass is 9.94. The molecule has 1 aliphatic rings. The summed E-state index contributed by atoms with van der Waals surface area (Å²) in [5.74, 6) is 2.65. The Morgan fingerprint density at radius 3 is 2.61 bits per heavy atom. The molecule has 0 radical (unpaired) electrons. The van der Waals surface area contributed by atoms with Crippen LogP contribution in [0.2, 0.25) is 0 Å². The summed E-state index contributed by atoms with van der Waals surface area (Å²) in [5, 5.41) is 11.8. The predicted octanol–water partition coefficient (Wildman–Crippen LogP) is 5.90. The molecular formula is C27H33N5O3S. The molecule has 8 nitrogen and oxygen atoms in total. The van der Waals surface area contributed by atoms with Gasteiger partial charge in [-0.15, -0.1) is 5.10 Å². The van der Waals surface area contributed by atoms with Gasteiger partial charge in [0.2, 0.25) is 11.1 Å². The minimum atomic E-state index is -0.493. The smallest absolute Gasteiger partial charge is 0.255 e. The number of anilines is 2. The molecule has 1 atom stereocenters. The minimum Gasteiger partial charge on any atom is -0.490 e. The van der Waals surface area contributed by atoms with Crippen LogP contribution in [0, 0.1) is 0 Å². The summed E-state index contributed by atoms with van der Waals surface area (Å²) >= 11 is 1.60. The number of aromatic nitrogens is 3. The molecule has 0 saturated carbocycles. The second-order valence-electron chi connectivity index (χ2n) is 8.39. The number of ether oxygens (including phenoxy) is 2. The summed E-state index contributed by atoms with van der Waals surface area (Å²) in [4.78, 5) is 18.3. The Hall–Kier alpha value is -3.46. The lowest BCUT2D eigenvalue weighted by Gasteiger charge is -2.29. The van der Waals surface area contributed by atoms with Crippen molar-refractivity contribution in [2.24, 2.45) is 0 Å². The Balaban J connectivity index is 1.78.